The lowest BCUT2D eigenvalue weighted by Crippen LogP contribution is -2.10. The summed E-state index contributed by atoms with van der Waals surface area (Å²) >= 11 is 11.9. The normalized spacial score (nSPS) is 19.9. The van der Waals surface area contributed by atoms with E-state index in [1.54, 1.807) is 18.3 Å². The van der Waals surface area contributed by atoms with Crippen LogP contribution in [0.5, 0.6) is 0 Å². The quantitative estimate of drug-likeness (QED) is 0.702. The van der Waals surface area contributed by atoms with Gasteiger partial charge in [0.15, 0.2) is 0 Å². The summed E-state index contributed by atoms with van der Waals surface area (Å²) in [6, 6.07) is 5.39. The second-order valence-electron chi connectivity index (χ2n) is 3.16. The Morgan fingerprint density at radius 1 is 1.29 bits per heavy atom. The highest BCUT2D eigenvalue weighted by Crippen LogP contribution is 2.25. The van der Waals surface area contributed by atoms with Crippen LogP contribution >= 0.6 is 23.2 Å². The van der Waals surface area contributed by atoms with Crippen molar-refractivity contribution in [3.05, 3.63) is 33.8 Å². The lowest BCUT2D eigenvalue weighted by atomic mass is 10.0. The van der Waals surface area contributed by atoms with Crippen molar-refractivity contribution in [2.75, 3.05) is 0 Å². The summed E-state index contributed by atoms with van der Waals surface area (Å²) in [5, 5.41) is 9.14. The van der Waals surface area contributed by atoms with Gasteiger partial charge in [-0.2, -0.15) is 10.2 Å². The zero-order valence-electron chi connectivity index (χ0n) is 7.54. The molecular formula is C10H8Cl2N2. The summed E-state index contributed by atoms with van der Waals surface area (Å²) in [4.78, 5) is 0. The van der Waals surface area contributed by atoms with Crippen molar-refractivity contribution in [2.45, 2.75) is 6.92 Å². The highest BCUT2D eigenvalue weighted by molar-refractivity contribution is 6.37. The molecule has 1 aliphatic rings. The zero-order chi connectivity index (χ0) is 10.1. The molecule has 1 aromatic rings. The summed E-state index contributed by atoms with van der Waals surface area (Å²) < 4.78 is 0. The maximum atomic E-state index is 6.05. The van der Waals surface area contributed by atoms with E-state index in [9.17, 15) is 0 Å². The molecule has 2 nitrogen and oxygen atoms in total. The maximum absolute atomic E-state index is 6.05. The molecule has 0 amide bonds. The number of hydrogen-bond acceptors (Lipinski definition) is 2. The summed E-state index contributed by atoms with van der Waals surface area (Å²) in [5.74, 6) is 0.216. The molecule has 0 bridgehead atoms. The third-order valence-electron chi connectivity index (χ3n) is 2.09. The van der Waals surface area contributed by atoms with Crippen LogP contribution in [-0.4, -0.2) is 11.9 Å². The van der Waals surface area contributed by atoms with E-state index in [2.05, 4.69) is 10.2 Å². The fraction of sp³-hybridized carbons (Fsp3) is 0.200. The van der Waals surface area contributed by atoms with E-state index in [1.165, 1.54) is 0 Å². The van der Waals surface area contributed by atoms with Crippen LogP contribution in [0.15, 0.2) is 28.4 Å². The predicted octanol–water partition coefficient (Wildman–Crippen LogP) is 3.42. The molecule has 72 valence electrons. The predicted molar refractivity (Wildman–Crippen MR) is 60.7 cm³/mol. The van der Waals surface area contributed by atoms with Crippen LogP contribution in [0.25, 0.3) is 0 Å². The minimum Gasteiger partial charge on any atom is -0.163 e. The first-order valence-electron chi connectivity index (χ1n) is 4.25. The molecule has 1 aliphatic heterocycles. The number of nitrogens with zero attached hydrogens (tertiary/aromatic N) is 2. The van der Waals surface area contributed by atoms with Crippen LogP contribution in [0.2, 0.25) is 10.0 Å². The van der Waals surface area contributed by atoms with Gasteiger partial charge in [0.1, 0.15) is 0 Å². The van der Waals surface area contributed by atoms with Crippen molar-refractivity contribution in [1.82, 2.24) is 0 Å². The van der Waals surface area contributed by atoms with Crippen molar-refractivity contribution in [3.8, 4) is 0 Å². The Bertz CT molecular complexity index is 424. The van der Waals surface area contributed by atoms with Crippen LogP contribution in [0.4, 0.5) is 0 Å². The van der Waals surface area contributed by atoms with Crippen molar-refractivity contribution >= 4 is 35.1 Å². The molecule has 14 heavy (non-hydrogen) atoms. The number of rotatable bonds is 1. The molecule has 2 rings (SSSR count). The van der Waals surface area contributed by atoms with Gasteiger partial charge >= 0.3 is 0 Å². The molecule has 0 aliphatic carbocycles. The van der Waals surface area contributed by atoms with Gasteiger partial charge in [-0.05, 0) is 12.1 Å². The smallest absolute Gasteiger partial charge is 0.0799 e. The highest BCUT2D eigenvalue weighted by atomic mass is 35.5. The maximum Gasteiger partial charge on any atom is 0.0799 e. The van der Waals surface area contributed by atoms with E-state index >= 15 is 0 Å². The molecule has 1 unspecified atom stereocenters. The van der Waals surface area contributed by atoms with Crippen molar-refractivity contribution in [2.24, 2.45) is 16.1 Å². The first-order chi connectivity index (χ1) is 6.68. The molecule has 1 heterocycles. The minimum atomic E-state index is 0.216. The molecule has 0 spiro atoms. The minimum absolute atomic E-state index is 0.216. The van der Waals surface area contributed by atoms with Gasteiger partial charge in [-0.15, -0.1) is 0 Å². The Hall–Kier alpha value is -0.860. The van der Waals surface area contributed by atoms with Gasteiger partial charge in [0.05, 0.1) is 10.7 Å². The first-order valence-corrected chi connectivity index (χ1v) is 5.00. The van der Waals surface area contributed by atoms with E-state index in [0.717, 1.165) is 11.3 Å². The zero-order valence-corrected chi connectivity index (χ0v) is 9.05. The Morgan fingerprint density at radius 2 is 2.07 bits per heavy atom. The molecule has 0 saturated heterocycles. The molecule has 0 aromatic heterocycles. The van der Waals surface area contributed by atoms with Gasteiger partial charge < -0.3 is 0 Å². The van der Waals surface area contributed by atoms with Gasteiger partial charge in [0, 0.05) is 22.7 Å². The van der Waals surface area contributed by atoms with Gasteiger partial charge in [0.25, 0.3) is 0 Å². The van der Waals surface area contributed by atoms with Gasteiger partial charge in [-0.3, -0.25) is 0 Å². The number of halogens is 2. The topological polar surface area (TPSA) is 24.7 Å². The van der Waals surface area contributed by atoms with Crippen LogP contribution in [0, 0.1) is 5.92 Å². The fourth-order valence-corrected chi connectivity index (χ4v) is 1.86. The van der Waals surface area contributed by atoms with Gasteiger partial charge in [-0.25, -0.2) is 0 Å². The van der Waals surface area contributed by atoms with Gasteiger partial charge in [0.2, 0.25) is 0 Å². The van der Waals surface area contributed by atoms with Crippen LogP contribution < -0.4 is 0 Å². The number of hydrogen-bond donors (Lipinski definition) is 0. The molecule has 0 fully saturated rings. The van der Waals surface area contributed by atoms with Crippen molar-refractivity contribution in [1.29, 1.82) is 0 Å². The monoisotopic (exact) mass is 226 g/mol. The first kappa shape index (κ1) is 9.69. The third-order valence-corrected chi connectivity index (χ3v) is 2.64. The molecule has 0 radical (unpaired) electrons. The second-order valence-corrected chi connectivity index (χ2v) is 4.01. The van der Waals surface area contributed by atoms with Crippen LogP contribution in [-0.2, 0) is 0 Å². The summed E-state index contributed by atoms with van der Waals surface area (Å²) in [6.07, 6.45) is 1.79. The Balaban J connectivity index is 2.43. The van der Waals surface area contributed by atoms with Crippen LogP contribution in [0.1, 0.15) is 12.5 Å². The fourth-order valence-electron chi connectivity index (χ4n) is 1.35. The average Bonchev–Trinajstić information content (AvgIpc) is 2.52. The van der Waals surface area contributed by atoms with E-state index in [-0.39, 0.29) is 5.92 Å². The Morgan fingerprint density at radius 3 is 2.64 bits per heavy atom. The third kappa shape index (κ3) is 1.68. The molecular weight excluding hydrogens is 219 g/mol. The van der Waals surface area contributed by atoms with E-state index in [4.69, 9.17) is 23.2 Å². The van der Waals surface area contributed by atoms with E-state index < -0.39 is 0 Å². The summed E-state index contributed by atoms with van der Waals surface area (Å²) in [6.45, 7) is 2.03. The van der Waals surface area contributed by atoms with E-state index in [1.807, 2.05) is 13.0 Å². The second kappa shape index (κ2) is 3.71. The van der Waals surface area contributed by atoms with Crippen LogP contribution in [0.3, 0.4) is 0 Å². The Labute approximate surface area is 92.3 Å². The average molecular weight is 227 g/mol. The largest absolute Gasteiger partial charge is 0.163 e. The molecule has 1 atom stereocenters. The summed E-state index contributed by atoms with van der Waals surface area (Å²) in [5.41, 5.74) is 1.80. The SMILES string of the molecule is CC1C=NN=C1c1ccc(Cl)cc1Cl. The molecule has 0 saturated carbocycles. The molecule has 4 heteroatoms. The molecule has 0 N–H and O–H groups in total. The number of benzene rings is 1. The lowest BCUT2D eigenvalue weighted by Gasteiger charge is -2.07. The van der Waals surface area contributed by atoms with Crippen molar-refractivity contribution in [3.63, 3.8) is 0 Å². The molecule has 1 aromatic carbocycles. The summed E-state index contributed by atoms with van der Waals surface area (Å²) in [7, 11) is 0. The van der Waals surface area contributed by atoms with Crippen molar-refractivity contribution < 1.29 is 0 Å². The highest BCUT2D eigenvalue weighted by Gasteiger charge is 2.17. The lowest BCUT2D eigenvalue weighted by molar-refractivity contribution is 1.11. The van der Waals surface area contributed by atoms with Gasteiger partial charge in [-0.1, -0.05) is 36.2 Å². The Kier molecular flexibility index (Phi) is 2.57. The standard InChI is InChI=1S/C10H8Cl2N2/c1-6-5-13-14-10(6)8-3-2-7(11)4-9(8)12/h2-6H,1H3. The van der Waals surface area contributed by atoms with E-state index in [0.29, 0.717) is 10.0 Å².